The van der Waals surface area contributed by atoms with Crippen LogP contribution in [-0.2, 0) is 6.54 Å². The van der Waals surface area contributed by atoms with Crippen LogP contribution in [0.1, 0.15) is 32.8 Å². The number of halogens is 1. The maximum absolute atomic E-state index is 6.13. The standard InChI is InChI=1S/C16H25ClN2O/c1-12-7-8-18-16(2,3)11-19(12)10-13-9-14(17)5-6-15(13)20-4/h5-6,9,12,18H,7-8,10-11H2,1-4H3. The van der Waals surface area contributed by atoms with Crippen LogP contribution in [0.5, 0.6) is 5.75 Å². The van der Waals surface area contributed by atoms with Gasteiger partial charge in [0.25, 0.3) is 0 Å². The maximum atomic E-state index is 6.13. The van der Waals surface area contributed by atoms with Gasteiger partial charge in [-0.15, -0.1) is 0 Å². The van der Waals surface area contributed by atoms with Gasteiger partial charge >= 0.3 is 0 Å². The van der Waals surface area contributed by atoms with Crippen molar-refractivity contribution in [1.29, 1.82) is 0 Å². The second kappa shape index (κ2) is 6.33. The van der Waals surface area contributed by atoms with Gasteiger partial charge in [-0.3, -0.25) is 4.90 Å². The number of hydrogen-bond acceptors (Lipinski definition) is 3. The molecule has 0 saturated carbocycles. The van der Waals surface area contributed by atoms with Crippen molar-refractivity contribution >= 4 is 11.6 Å². The van der Waals surface area contributed by atoms with Gasteiger partial charge in [-0.1, -0.05) is 11.6 Å². The SMILES string of the molecule is COc1ccc(Cl)cc1CN1CC(C)(C)NCCC1C. The summed E-state index contributed by atoms with van der Waals surface area (Å²) in [5.41, 5.74) is 1.29. The van der Waals surface area contributed by atoms with Gasteiger partial charge in [0.2, 0.25) is 0 Å². The zero-order valence-electron chi connectivity index (χ0n) is 12.9. The van der Waals surface area contributed by atoms with Gasteiger partial charge in [0.1, 0.15) is 5.75 Å². The first-order valence-corrected chi connectivity index (χ1v) is 7.60. The molecule has 0 spiro atoms. The van der Waals surface area contributed by atoms with Gasteiger partial charge in [-0.25, -0.2) is 0 Å². The third kappa shape index (κ3) is 3.87. The molecule has 1 N–H and O–H groups in total. The Balaban J connectivity index is 2.20. The van der Waals surface area contributed by atoms with Crippen LogP contribution >= 0.6 is 11.6 Å². The fourth-order valence-corrected chi connectivity index (χ4v) is 3.02. The first-order valence-electron chi connectivity index (χ1n) is 7.23. The molecule has 0 aromatic heterocycles. The summed E-state index contributed by atoms with van der Waals surface area (Å²) >= 11 is 6.13. The lowest BCUT2D eigenvalue weighted by atomic mass is 10.0. The molecule has 0 bridgehead atoms. The van der Waals surface area contributed by atoms with Crippen molar-refractivity contribution in [3.63, 3.8) is 0 Å². The molecular formula is C16H25ClN2O. The summed E-state index contributed by atoms with van der Waals surface area (Å²) in [6.45, 7) is 9.76. The molecule has 0 aliphatic carbocycles. The number of methoxy groups -OCH3 is 1. The van der Waals surface area contributed by atoms with Crippen molar-refractivity contribution in [3.05, 3.63) is 28.8 Å². The monoisotopic (exact) mass is 296 g/mol. The van der Waals surface area contributed by atoms with E-state index in [4.69, 9.17) is 16.3 Å². The third-order valence-corrected chi connectivity index (χ3v) is 4.24. The van der Waals surface area contributed by atoms with Crippen LogP contribution in [-0.4, -0.2) is 36.7 Å². The van der Waals surface area contributed by atoms with E-state index in [-0.39, 0.29) is 5.54 Å². The first kappa shape index (κ1) is 15.6. The molecule has 4 heteroatoms. The lowest BCUT2D eigenvalue weighted by Gasteiger charge is -2.33. The molecule has 20 heavy (non-hydrogen) atoms. The largest absolute Gasteiger partial charge is 0.496 e. The smallest absolute Gasteiger partial charge is 0.123 e. The zero-order chi connectivity index (χ0) is 14.8. The molecule has 1 saturated heterocycles. The molecule has 2 rings (SSSR count). The quantitative estimate of drug-likeness (QED) is 0.926. The predicted octanol–water partition coefficient (Wildman–Crippen LogP) is 3.31. The minimum atomic E-state index is 0.135. The topological polar surface area (TPSA) is 24.5 Å². The Hall–Kier alpha value is -0.770. The Morgan fingerprint density at radius 1 is 1.45 bits per heavy atom. The van der Waals surface area contributed by atoms with E-state index < -0.39 is 0 Å². The molecule has 1 atom stereocenters. The molecule has 112 valence electrons. The fraction of sp³-hybridized carbons (Fsp3) is 0.625. The van der Waals surface area contributed by atoms with E-state index in [1.165, 1.54) is 0 Å². The highest BCUT2D eigenvalue weighted by Crippen LogP contribution is 2.26. The van der Waals surface area contributed by atoms with Crippen LogP contribution in [0, 0.1) is 0 Å². The number of rotatable bonds is 3. The van der Waals surface area contributed by atoms with E-state index in [1.807, 2.05) is 18.2 Å². The number of benzene rings is 1. The summed E-state index contributed by atoms with van der Waals surface area (Å²) < 4.78 is 5.46. The molecule has 1 aliphatic heterocycles. The highest BCUT2D eigenvalue weighted by Gasteiger charge is 2.28. The maximum Gasteiger partial charge on any atom is 0.123 e. The average Bonchev–Trinajstić information content (AvgIpc) is 2.49. The normalized spacial score (nSPS) is 23.4. The van der Waals surface area contributed by atoms with Gasteiger partial charge in [0.05, 0.1) is 7.11 Å². The molecule has 1 heterocycles. The van der Waals surface area contributed by atoms with Crippen molar-refractivity contribution in [2.45, 2.75) is 45.3 Å². The van der Waals surface area contributed by atoms with E-state index in [0.717, 1.165) is 42.4 Å². The molecule has 3 nitrogen and oxygen atoms in total. The number of ether oxygens (including phenoxy) is 1. The van der Waals surface area contributed by atoms with Crippen LogP contribution in [0.4, 0.5) is 0 Å². The second-order valence-electron chi connectivity index (χ2n) is 6.31. The molecule has 1 aromatic carbocycles. The predicted molar refractivity (Wildman–Crippen MR) is 84.6 cm³/mol. The molecule has 1 fully saturated rings. The summed E-state index contributed by atoms with van der Waals surface area (Å²) in [4.78, 5) is 2.51. The Morgan fingerprint density at radius 2 is 2.20 bits per heavy atom. The molecule has 1 aromatic rings. The van der Waals surface area contributed by atoms with Crippen LogP contribution in [0.25, 0.3) is 0 Å². The second-order valence-corrected chi connectivity index (χ2v) is 6.75. The van der Waals surface area contributed by atoms with Crippen molar-refractivity contribution in [2.75, 3.05) is 20.2 Å². The van der Waals surface area contributed by atoms with Gasteiger partial charge < -0.3 is 10.1 Å². The van der Waals surface area contributed by atoms with Crippen molar-refractivity contribution in [3.8, 4) is 5.75 Å². The van der Waals surface area contributed by atoms with Crippen LogP contribution in [0.15, 0.2) is 18.2 Å². The van der Waals surface area contributed by atoms with Crippen molar-refractivity contribution in [1.82, 2.24) is 10.2 Å². The minimum Gasteiger partial charge on any atom is -0.496 e. The van der Waals surface area contributed by atoms with Crippen LogP contribution in [0.3, 0.4) is 0 Å². The van der Waals surface area contributed by atoms with Gasteiger partial charge in [-0.2, -0.15) is 0 Å². The highest BCUT2D eigenvalue weighted by atomic mass is 35.5. The van der Waals surface area contributed by atoms with Gasteiger partial charge in [0, 0.05) is 35.3 Å². The summed E-state index contributed by atoms with van der Waals surface area (Å²) in [6, 6.07) is 6.39. The Labute approximate surface area is 127 Å². The summed E-state index contributed by atoms with van der Waals surface area (Å²) in [5.74, 6) is 0.914. The Morgan fingerprint density at radius 3 is 2.90 bits per heavy atom. The summed E-state index contributed by atoms with van der Waals surface area (Å²) in [5, 5.41) is 4.37. The Kier molecular flexibility index (Phi) is 4.95. The number of hydrogen-bond donors (Lipinski definition) is 1. The molecule has 1 unspecified atom stereocenters. The van der Waals surface area contributed by atoms with E-state index in [1.54, 1.807) is 7.11 Å². The number of nitrogens with zero attached hydrogens (tertiary/aromatic N) is 1. The highest BCUT2D eigenvalue weighted by molar-refractivity contribution is 6.30. The summed E-state index contributed by atoms with van der Waals surface area (Å²) in [7, 11) is 1.71. The Bertz CT molecular complexity index is 462. The molecule has 1 aliphatic rings. The molecule has 0 amide bonds. The van der Waals surface area contributed by atoms with Crippen LogP contribution < -0.4 is 10.1 Å². The van der Waals surface area contributed by atoms with Crippen molar-refractivity contribution < 1.29 is 4.74 Å². The average molecular weight is 297 g/mol. The van der Waals surface area contributed by atoms with E-state index in [2.05, 4.69) is 31.0 Å². The molecule has 0 radical (unpaired) electrons. The summed E-state index contributed by atoms with van der Waals surface area (Å²) in [6.07, 6.45) is 1.16. The third-order valence-electron chi connectivity index (χ3n) is 4.00. The number of nitrogens with one attached hydrogen (secondary N) is 1. The first-order chi connectivity index (χ1) is 9.41. The lowest BCUT2D eigenvalue weighted by molar-refractivity contribution is 0.171. The van der Waals surface area contributed by atoms with E-state index >= 15 is 0 Å². The molecular weight excluding hydrogens is 272 g/mol. The van der Waals surface area contributed by atoms with E-state index in [9.17, 15) is 0 Å². The van der Waals surface area contributed by atoms with Crippen molar-refractivity contribution in [2.24, 2.45) is 0 Å². The van der Waals surface area contributed by atoms with Crippen LogP contribution in [0.2, 0.25) is 5.02 Å². The fourth-order valence-electron chi connectivity index (χ4n) is 2.82. The van der Waals surface area contributed by atoms with E-state index in [0.29, 0.717) is 6.04 Å². The zero-order valence-corrected chi connectivity index (χ0v) is 13.6. The van der Waals surface area contributed by atoms with Gasteiger partial charge in [0.15, 0.2) is 0 Å². The lowest BCUT2D eigenvalue weighted by Crippen LogP contribution is -2.47. The van der Waals surface area contributed by atoms with Gasteiger partial charge in [-0.05, 0) is 51.9 Å². The minimum absolute atomic E-state index is 0.135.